The van der Waals surface area contributed by atoms with E-state index in [0.29, 0.717) is 24.8 Å². The average Bonchev–Trinajstić information content (AvgIpc) is 2.45. The highest BCUT2D eigenvalue weighted by molar-refractivity contribution is 5.32. The minimum atomic E-state index is -0.0503. The highest BCUT2D eigenvalue weighted by Gasteiger charge is 2.20. The first kappa shape index (κ1) is 15.5. The Bertz CT molecular complexity index is 552. The highest BCUT2D eigenvalue weighted by atomic mass is 16.1. The molecule has 2 rings (SSSR count). The molecule has 2 heterocycles. The molecule has 1 aliphatic heterocycles. The van der Waals surface area contributed by atoms with Gasteiger partial charge >= 0.3 is 0 Å². The van der Waals surface area contributed by atoms with Gasteiger partial charge < -0.3 is 9.88 Å². The molecule has 1 N–H and O–H groups in total. The van der Waals surface area contributed by atoms with Crippen molar-refractivity contribution in [1.82, 2.24) is 14.5 Å². The van der Waals surface area contributed by atoms with Crippen LogP contribution in [0.4, 0.5) is 5.82 Å². The lowest BCUT2D eigenvalue weighted by molar-refractivity contribution is 0.242. The van der Waals surface area contributed by atoms with Crippen LogP contribution in [0.1, 0.15) is 26.7 Å². The Morgan fingerprint density at radius 1 is 1.48 bits per heavy atom. The molecule has 0 saturated carbocycles. The number of nitrogens with zero attached hydrogens (tertiary/aromatic N) is 4. The van der Waals surface area contributed by atoms with E-state index >= 15 is 0 Å². The minimum absolute atomic E-state index is 0.0503. The quantitative estimate of drug-likeness (QED) is 0.827. The van der Waals surface area contributed by atoms with Gasteiger partial charge in [-0.3, -0.25) is 9.69 Å². The lowest BCUT2D eigenvalue weighted by atomic mass is 10.1. The van der Waals surface area contributed by atoms with Gasteiger partial charge in [0.05, 0.1) is 12.6 Å². The molecule has 1 aromatic heterocycles. The van der Waals surface area contributed by atoms with Crippen molar-refractivity contribution in [1.29, 1.82) is 5.26 Å². The summed E-state index contributed by atoms with van der Waals surface area (Å²) in [6, 6.07) is 2.44. The SMILES string of the molecule is CC(C)Cn1ccnc(NC2CCN(CC#N)CC2)c1=O. The largest absolute Gasteiger partial charge is 0.363 e. The van der Waals surface area contributed by atoms with Crippen LogP contribution in [-0.4, -0.2) is 40.1 Å². The Labute approximate surface area is 125 Å². The normalized spacial score (nSPS) is 16.9. The van der Waals surface area contributed by atoms with Crippen LogP contribution in [0.2, 0.25) is 0 Å². The molecule has 1 saturated heterocycles. The zero-order valence-corrected chi connectivity index (χ0v) is 12.7. The molecule has 6 nitrogen and oxygen atoms in total. The third-order valence-electron chi connectivity index (χ3n) is 3.70. The van der Waals surface area contributed by atoms with Gasteiger partial charge in [-0.1, -0.05) is 13.8 Å². The fraction of sp³-hybridized carbons (Fsp3) is 0.667. The maximum Gasteiger partial charge on any atom is 0.293 e. The number of anilines is 1. The summed E-state index contributed by atoms with van der Waals surface area (Å²) < 4.78 is 1.71. The van der Waals surface area contributed by atoms with Crippen molar-refractivity contribution in [2.75, 3.05) is 25.0 Å². The van der Waals surface area contributed by atoms with Gasteiger partial charge in [0.2, 0.25) is 0 Å². The standard InChI is InChI=1S/C15H23N5O/c1-12(2)11-20-10-6-17-14(15(20)21)18-13-3-7-19(8-4-13)9-5-16/h6,10,12-13H,3-4,7-9,11H2,1-2H3,(H,17,18). The number of rotatable bonds is 5. The van der Waals surface area contributed by atoms with Gasteiger partial charge in [0.25, 0.3) is 5.56 Å². The Hall–Kier alpha value is -1.87. The van der Waals surface area contributed by atoms with E-state index in [2.05, 4.69) is 35.1 Å². The number of nitrogens with one attached hydrogen (secondary N) is 1. The molecule has 1 aliphatic rings. The van der Waals surface area contributed by atoms with Crippen LogP contribution in [0.15, 0.2) is 17.2 Å². The van der Waals surface area contributed by atoms with E-state index in [4.69, 9.17) is 5.26 Å². The third-order valence-corrected chi connectivity index (χ3v) is 3.70. The van der Waals surface area contributed by atoms with E-state index < -0.39 is 0 Å². The second-order valence-electron chi connectivity index (χ2n) is 5.98. The van der Waals surface area contributed by atoms with Crippen LogP contribution in [0.25, 0.3) is 0 Å². The van der Waals surface area contributed by atoms with E-state index in [0.717, 1.165) is 25.9 Å². The minimum Gasteiger partial charge on any atom is -0.363 e. The second-order valence-corrected chi connectivity index (χ2v) is 5.98. The van der Waals surface area contributed by atoms with Gasteiger partial charge in [-0.2, -0.15) is 5.26 Å². The van der Waals surface area contributed by atoms with Crippen LogP contribution in [0.3, 0.4) is 0 Å². The molecule has 6 heteroatoms. The first-order valence-corrected chi connectivity index (χ1v) is 7.51. The van der Waals surface area contributed by atoms with E-state index in [1.807, 2.05) is 0 Å². The highest BCUT2D eigenvalue weighted by Crippen LogP contribution is 2.13. The molecule has 0 aromatic carbocycles. The van der Waals surface area contributed by atoms with Crippen molar-refractivity contribution in [3.63, 3.8) is 0 Å². The maximum absolute atomic E-state index is 12.3. The van der Waals surface area contributed by atoms with Crippen molar-refractivity contribution in [3.8, 4) is 6.07 Å². The number of hydrogen-bond acceptors (Lipinski definition) is 5. The third kappa shape index (κ3) is 4.30. The van der Waals surface area contributed by atoms with Crippen LogP contribution < -0.4 is 10.9 Å². The molecule has 0 unspecified atom stereocenters. The molecule has 0 atom stereocenters. The summed E-state index contributed by atoms with van der Waals surface area (Å²) in [5.74, 6) is 0.865. The van der Waals surface area contributed by atoms with Gasteiger partial charge in [0.1, 0.15) is 0 Å². The Kier molecular flexibility index (Phi) is 5.34. The van der Waals surface area contributed by atoms with Gasteiger partial charge in [0, 0.05) is 38.1 Å². The van der Waals surface area contributed by atoms with Gasteiger partial charge in [0.15, 0.2) is 5.82 Å². The summed E-state index contributed by atoms with van der Waals surface area (Å²) in [6.07, 6.45) is 5.28. The van der Waals surface area contributed by atoms with E-state index in [-0.39, 0.29) is 11.6 Å². The Morgan fingerprint density at radius 3 is 2.81 bits per heavy atom. The van der Waals surface area contributed by atoms with E-state index in [9.17, 15) is 4.79 Å². The summed E-state index contributed by atoms with van der Waals surface area (Å²) in [6.45, 7) is 7.14. The molecule has 0 radical (unpaired) electrons. The van der Waals surface area contributed by atoms with Crippen molar-refractivity contribution < 1.29 is 0 Å². The first-order valence-electron chi connectivity index (χ1n) is 7.51. The Balaban J connectivity index is 1.98. The molecule has 114 valence electrons. The average molecular weight is 289 g/mol. The zero-order valence-electron chi connectivity index (χ0n) is 12.7. The fourth-order valence-electron chi connectivity index (χ4n) is 2.61. The smallest absolute Gasteiger partial charge is 0.293 e. The van der Waals surface area contributed by atoms with Crippen molar-refractivity contribution in [2.24, 2.45) is 5.92 Å². The van der Waals surface area contributed by atoms with Gasteiger partial charge in [-0.15, -0.1) is 0 Å². The molecule has 0 amide bonds. The maximum atomic E-state index is 12.3. The predicted octanol–water partition coefficient (Wildman–Crippen LogP) is 1.30. The number of hydrogen-bond donors (Lipinski definition) is 1. The molecule has 0 bridgehead atoms. The van der Waals surface area contributed by atoms with Crippen molar-refractivity contribution >= 4 is 5.82 Å². The molecular formula is C15H23N5O. The zero-order chi connectivity index (χ0) is 15.2. The molecular weight excluding hydrogens is 266 g/mol. The lowest BCUT2D eigenvalue weighted by Gasteiger charge is -2.30. The van der Waals surface area contributed by atoms with Crippen LogP contribution in [-0.2, 0) is 6.54 Å². The topological polar surface area (TPSA) is 74.0 Å². The monoisotopic (exact) mass is 289 g/mol. The van der Waals surface area contributed by atoms with Gasteiger partial charge in [-0.05, 0) is 18.8 Å². The summed E-state index contributed by atoms with van der Waals surface area (Å²) >= 11 is 0. The molecule has 1 aromatic rings. The van der Waals surface area contributed by atoms with Crippen LogP contribution in [0.5, 0.6) is 0 Å². The Morgan fingerprint density at radius 2 is 2.19 bits per heavy atom. The van der Waals surface area contributed by atoms with Crippen LogP contribution in [0, 0.1) is 17.2 Å². The number of aromatic nitrogens is 2. The molecule has 0 aliphatic carbocycles. The molecule has 0 spiro atoms. The van der Waals surface area contributed by atoms with Gasteiger partial charge in [-0.25, -0.2) is 4.98 Å². The molecule has 21 heavy (non-hydrogen) atoms. The van der Waals surface area contributed by atoms with E-state index in [1.54, 1.807) is 17.0 Å². The summed E-state index contributed by atoms with van der Waals surface area (Å²) in [4.78, 5) is 18.6. The van der Waals surface area contributed by atoms with Crippen molar-refractivity contribution in [2.45, 2.75) is 39.3 Å². The molecule has 1 fully saturated rings. The van der Waals surface area contributed by atoms with E-state index in [1.165, 1.54) is 0 Å². The fourth-order valence-corrected chi connectivity index (χ4v) is 2.61. The first-order chi connectivity index (χ1) is 10.1. The van der Waals surface area contributed by atoms with Crippen molar-refractivity contribution in [3.05, 3.63) is 22.7 Å². The summed E-state index contributed by atoms with van der Waals surface area (Å²) in [7, 11) is 0. The summed E-state index contributed by atoms with van der Waals surface area (Å²) in [5, 5.41) is 12.0. The second kappa shape index (κ2) is 7.23. The predicted molar refractivity (Wildman–Crippen MR) is 82.0 cm³/mol. The van der Waals surface area contributed by atoms with Crippen LogP contribution >= 0.6 is 0 Å². The number of likely N-dealkylation sites (tertiary alicyclic amines) is 1. The number of piperidine rings is 1. The summed E-state index contributed by atoms with van der Waals surface area (Å²) in [5.41, 5.74) is -0.0503. The number of nitriles is 1. The lowest BCUT2D eigenvalue weighted by Crippen LogP contribution is -2.40.